The van der Waals surface area contributed by atoms with E-state index >= 15 is 0 Å². The van der Waals surface area contributed by atoms with Gasteiger partial charge in [0.2, 0.25) is 0 Å². The maximum Gasteiger partial charge on any atom is 0.322 e. The van der Waals surface area contributed by atoms with E-state index < -0.39 is 0 Å². The van der Waals surface area contributed by atoms with Gasteiger partial charge in [-0.1, -0.05) is 19.1 Å². The molecule has 0 aliphatic carbocycles. The number of amides is 3. The van der Waals surface area contributed by atoms with Crippen molar-refractivity contribution in [1.82, 2.24) is 15.2 Å². The van der Waals surface area contributed by atoms with E-state index in [0.717, 1.165) is 17.5 Å². The molecule has 2 rings (SSSR count). The summed E-state index contributed by atoms with van der Waals surface area (Å²) in [4.78, 5) is 30.8. The van der Waals surface area contributed by atoms with Crippen LogP contribution < -0.4 is 10.6 Å². The number of rotatable bonds is 6. The Morgan fingerprint density at radius 2 is 1.96 bits per heavy atom. The molecule has 1 heterocycles. The van der Waals surface area contributed by atoms with Gasteiger partial charge in [0.15, 0.2) is 0 Å². The molecule has 0 saturated heterocycles. The largest absolute Gasteiger partial charge is 0.350 e. The van der Waals surface area contributed by atoms with Crippen molar-refractivity contribution >= 4 is 17.6 Å². The number of nitrogens with zero attached hydrogens (tertiary/aromatic N) is 2. The highest BCUT2D eigenvalue weighted by molar-refractivity contribution is 5.97. The topological polar surface area (TPSA) is 74.3 Å². The number of nitrogens with one attached hydrogen (secondary N) is 2. The molecule has 0 aliphatic heterocycles. The third-order valence-electron chi connectivity index (χ3n) is 4.40. The molecule has 0 bridgehead atoms. The second-order valence-corrected chi connectivity index (χ2v) is 6.91. The zero-order valence-electron chi connectivity index (χ0n) is 16.6. The predicted octanol–water partition coefficient (Wildman–Crippen LogP) is 4.14. The minimum absolute atomic E-state index is 0.0489. The van der Waals surface area contributed by atoms with Crippen LogP contribution in [0.15, 0.2) is 42.7 Å². The van der Waals surface area contributed by atoms with E-state index in [4.69, 9.17) is 0 Å². The van der Waals surface area contributed by atoms with Gasteiger partial charge in [0, 0.05) is 36.7 Å². The molecule has 1 unspecified atom stereocenters. The highest BCUT2D eigenvalue weighted by Crippen LogP contribution is 2.24. The summed E-state index contributed by atoms with van der Waals surface area (Å²) in [6.45, 7) is 7.75. The number of pyridine rings is 1. The van der Waals surface area contributed by atoms with Crippen molar-refractivity contribution in [2.24, 2.45) is 0 Å². The van der Waals surface area contributed by atoms with Gasteiger partial charge in [-0.2, -0.15) is 0 Å². The first-order chi connectivity index (χ1) is 12.8. The quantitative estimate of drug-likeness (QED) is 0.804. The van der Waals surface area contributed by atoms with Crippen LogP contribution in [0, 0.1) is 6.92 Å². The number of aromatic nitrogens is 1. The Morgan fingerprint density at radius 3 is 2.56 bits per heavy atom. The molecule has 1 atom stereocenters. The van der Waals surface area contributed by atoms with E-state index in [9.17, 15) is 9.59 Å². The number of hydrogen-bond donors (Lipinski definition) is 2. The van der Waals surface area contributed by atoms with Crippen molar-refractivity contribution in [3.8, 4) is 0 Å². The maximum atomic E-state index is 12.8. The molecule has 0 saturated carbocycles. The Hall–Kier alpha value is -2.89. The molecule has 1 aromatic carbocycles. The van der Waals surface area contributed by atoms with Gasteiger partial charge in [-0.3, -0.25) is 9.78 Å². The lowest BCUT2D eigenvalue weighted by Gasteiger charge is -2.28. The van der Waals surface area contributed by atoms with Crippen molar-refractivity contribution in [3.63, 3.8) is 0 Å². The Labute approximate surface area is 161 Å². The fraction of sp³-hybridized carbons (Fsp3) is 0.381. The molecule has 1 aromatic heterocycles. The summed E-state index contributed by atoms with van der Waals surface area (Å²) in [5, 5.41) is 5.79. The average Bonchev–Trinajstić information content (AvgIpc) is 2.64. The van der Waals surface area contributed by atoms with E-state index in [1.165, 1.54) is 0 Å². The van der Waals surface area contributed by atoms with Crippen molar-refractivity contribution in [2.75, 3.05) is 12.4 Å². The summed E-state index contributed by atoms with van der Waals surface area (Å²) in [5.41, 5.74) is 3.03. The van der Waals surface area contributed by atoms with Crippen LogP contribution in [-0.2, 0) is 0 Å². The summed E-state index contributed by atoms with van der Waals surface area (Å²) in [6, 6.07) is 8.89. The first-order valence-electron chi connectivity index (χ1n) is 9.18. The molecule has 27 heavy (non-hydrogen) atoms. The van der Waals surface area contributed by atoms with Crippen LogP contribution in [-0.4, -0.2) is 34.9 Å². The average molecular weight is 368 g/mol. The molecule has 6 heteroatoms. The van der Waals surface area contributed by atoms with Gasteiger partial charge >= 0.3 is 6.03 Å². The third-order valence-corrected chi connectivity index (χ3v) is 4.40. The van der Waals surface area contributed by atoms with Crippen LogP contribution in [0.1, 0.15) is 54.7 Å². The third kappa shape index (κ3) is 5.29. The van der Waals surface area contributed by atoms with Gasteiger partial charge in [0.1, 0.15) is 0 Å². The Bertz CT molecular complexity index is 790. The molecule has 0 fully saturated rings. The molecule has 0 spiro atoms. The number of carbonyl (C=O) groups excluding carboxylic acids is 2. The zero-order chi connectivity index (χ0) is 20.0. The monoisotopic (exact) mass is 368 g/mol. The standard InChI is InChI=1S/C21H28N4O2/c1-6-19(17-8-7-11-22-13-17)25(5)21(27)24-18-12-16(10-9-15(18)4)20(26)23-14(2)3/h7-14,19H,6H2,1-5H3,(H,23,26)(H,24,27). The molecule has 3 amide bonds. The number of anilines is 1. The van der Waals surface area contributed by atoms with Crippen LogP contribution in [0.3, 0.4) is 0 Å². The maximum absolute atomic E-state index is 12.8. The summed E-state index contributed by atoms with van der Waals surface area (Å²) >= 11 is 0. The van der Waals surface area contributed by atoms with Gasteiger partial charge < -0.3 is 15.5 Å². The summed E-state index contributed by atoms with van der Waals surface area (Å²) in [7, 11) is 1.77. The number of urea groups is 1. The van der Waals surface area contributed by atoms with Gasteiger partial charge in [0.05, 0.1) is 6.04 Å². The van der Waals surface area contributed by atoms with E-state index in [1.54, 1.807) is 36.5 Å². The molecular formula is C21H28N4O2. The second kappa shape index (κ2) is 9.16. The smallest absolute Gasteiger partial charge is 0.322 e. The van der Waals surface area contributed by atoms with Gasteiger partial charge in [0.25, 0.3) is 5.91 Å². The first kappa shape index (κ1) is 20.4. The lowest BCUT2D eigenvalue weighted by Crippen LogP contribution is -2.35. The fourth-order valence-corrected chi connectivity index (χ4v) is 2.89. The zero-order valence-corrected chi connectivity index (χ0v) is 16.6. The van der Waals surface area contributed by atoms with Crippen molar-refractivity contribution in [2.45, 2.75) is 46.2 Å². The Morgan fingerprint density at radius 1 is 1.22 bits per heavy atom. The van der Waals surface area contributed by atoms with Gasteiger partial charge in [-0.15, -0.1) is 0 Å². The van der Waals surface area contributed by atoms with Crippen LogP contribution in [0.5, 0.6) is 0 Å². The molecule has 0 radical (unpaired) electrons. The number of benzene rings is 1. The lowest BCUT2D eigenvalue weighted by atomic mass is 10.1. The number of hydrogen-bond acceptors (Lipinski definition) is 3. The van der Waals surface area contributed by atoms with Gasteiger partial charge in [-0.25, -0.2) is 4.79 Å². The normalized spacial score (nSPS) is 11.8. The highest BCUT2D eigenvalue weighted by Gasteiger charge is 2.21. The fourth-order valence-electron chi connectivity index (χ4n) is 2.89. The minimum atomic E-state index is -0.227. The van der Waals surface area contributed by atoms with E-state index in [1.807, 2.05) is 45.9 Å². The van der Waals surface area contributed by atoms with Crippen LogP contribution in [0.25, 0.3) is 0 Å². The predicted molar refractivity (Wildman–Crippen MR) is 108 cm³/mol. The molecule has 144 valence electrons. The lowest BCUT2D eigenvalue weighted by molar-refractivity contribution is 0.0943. The molecular weight excluding hydrogens is 340 g/mol. The summed E-state index contributed by atoms with van der Waals surface area (Å²) in [6.07, 6.45) is 4.26. The van der Waals surface area contributed by atoms with E-state index in [0.29, 0.717) is 11.3 Å². The molecule has 6 nitrogen and oxygen atoms in total. The van der Waals surface area contributed by atoms with Crippen LogP contribution >= 0.6 is 0 Å². The SMILES string of the molecule is CCC(c1cccnc1)N(C)C(=O)Nc1cc(C(=O)NC(C)C)ccc1C. The summed E-state index contributed by atoms with van der Waals surface area (Å²) in [5.74, 6) is -0.157. The van der Waals surface area contributed by atoms with E-state index in [-0.39, 0.29) is 24.0 Å². The van der Waals surface area contributed by atoms with Crippen molar-refractivity contribution in [3.05, 3.63) is 59.4 Å². The number of carbonyl (C=O) groups is 2. The van der Waals surface area contributed by atoms with Crippen LogP contribution in [0.2, 0.25) is 0 Å². The Kier molecular flexibility index (Phi) is 6.93. The van der Waals surface area contributed by atoms with Crippen molar-refractivity contribution in [1.29, 1.82) is 0 Å². The first-order valence-corrected chi connectivity index (χ1v) is 9.18. The Balaban J connectivity index is 2.17. The molecule has 2 aromatic rings. The van der Waals surface area contributed by atoms with E-state index in [2.05, 4.69) is 15.6 Å². The number of aryl methyl sites for hydroxylation is 1. The minimum Gasteiger partial charge on any atom is -0.350 e. The highest BCUT2D eigenvalue weighted by atomic mass is 16.2. The van der Waals surface area contributed by atoms with Gasteiger partial charge in [-0.05, 0) is 56.5 Å². The molecule has 0 aliphatic rings. The second-order valence-electron chi connectivity index (χ2n) is 6.91. The van der Waals surface area contributed by atoms with Crippen LogP contribution in [0.4, 0.5) is 10.5 Å². The molecule has 2 N–H and O–H groups in total. The van der Waals surface area contributed by atoms with Crippen molar-refractivity contribution < 1.29 is 9.59 Å². The summed E-state index contributed by atoms with van der Waals surface area (Å²) < 4.78 is 0.